The third kappa shape index (κ3) is 3.16. The van der Waals surface area contributed by atoms with Crippen LogP contribution in [0, 0.1) is 13.8 Å². The van der Waals surface area contributed by atoms with Crippen molar-refractivity contribution in [3.63, 3.8) is 0 Å². The van der Waals surface area contributed by atoms with Gasteiger partial charge in [-0.15, -0.1) is 0 Å². The number of nitrogens with zero attached hydrogens (tertiary/aromatic N) is 1. The van der Waals surface area contributed by atoms with Crippen LogP contribution in [0.15, 0.2) is 34.9 Å². The molecule has 1 aromatic heterocycles. The first-order valence-electron chi connectivity index (χ1n) is 6.47. The fraction of sp³-hybridized carbons (Fsp3) is 0.312. The first-order chi connectivity index (χ1) is 8.99. The SMILES string of the molecule is Cc1cc(Br)cnc1Nc1c(C)cccc1C(C)C. The van der Waals surface area contributed by atoms with Crippen LogP contribution in [-0.2, 0) is 0 Å². The summed E-state index contributed by atoms with van der Waals surface area (Å²) in [4.78, 5) is 4.46. The van der Waals surface area contributed by atoms with E-state index in [4.69, 9.17) is 0 Å². The molecule has 0 spiro atoms. The summed E-state index contributed by atoms with van der Waals surface area (Å²) in [5, 5.41) is 3.49. The van der Waals surface area contributed by atoms with Crippen LogP contribution in [0.4, 0.5) is 11.5 Å². The average molecular weight is 319 g/mol. The van der Waals surface area contributed by atoms with Gasteiger partial charge in [-0.1, -0.05) is 32.0 Å². The number of aryl methyl sites for hydroxylation is 2. The minimum atomic E-state index is 0.484. The van der Waals surface area contributed by atoms with E-state index >= 15 is 0 Å². The summed E-state index contributed by atoms with van der Waals surface area (Å²) in [7, 11) is 0. The molecule has 2 aromatic rings. The second-order valence-electron chi connectivity index (χ2n) is 5.14. The third-order valence-corrected chi connectivity index (χ3v) is 3.65. The second-order valence-corrected chi connectivity index (χ2v) is 6.05. The lowest BCUT2D eigenvalue weighted by atomic mass is 9.98. The van der Waals surface area contributed by atoms with E-state index in [0.717, 1.165) is 15.9 Å². The Balaban J connectivity index is 2.43. The Hall–Kier alpha value is -1.35. The van der Waals surface area contributed by atoms with Crippen LogP contribution in [0.1, 0.15) is 36.5 Å². The van der Waals surface area contributed by atoms with Crippen LogP contribution in [0.25, 0.3) is 0 Å². The van der Waals surface area contributed by atoms with Crippen LogP contribution in [0.2, 0.25) is 0 Å². The maximum atomic E-state index is 4.46. The summed E-state index contributed by atoms with van der Waals surface area (Å²) in [5.41, 5.74) is 4.88. The molecular weight excluding hydrogens is 300 g/mol. The molecular formula is C16H19BrN2. The Morgan fingerprint density at radius 2 is 1.89 bits per heavy atom. The van der Waals surface area contributed by atoms with E-state index in [1.807, 2.05) is 6.20 Å². The van der Waals surface area contributed by atoms with Crippen LogP contribution in [-0.4, -0.2) is 4.98 Å². The van der Waals surface area contributed by atoms with E-state index < -0.39 is 0 Å². The average Bonchev–Trinajstić information content (AvgIpc) is 2.34. The first-order valence-corrected chi connectivity index (χ1v) is 7.27. The van der Waals surface area contributed by atoms with Gasteiger partial charge in [0, 0.05) is 16.4 Å². The summed E-state index contributed by atoms with van der Waals surface area (Å²) >= 11 is 3.44. The van der Waals surface area contributed by atoms with Crippen molar-refractivity contribution in [1.29, 1.82) is 0 Å². The predicted octanol–water partition coefficient (Wildman–Crippen LogP) is 5.33. The van der Waals surface area contributed by atoms with Crippen molar-refractivity contribution in [2.45, 2.75) is 33.6 Å². The Morgan fingerprint density at radius 1 is 1.16 bits per heavy atom. The van der Waals surface area contributed by atoms with Crippen molar-refractivity contribution in [1.82, 2.24) is 4.98 Å². The lowest BCUT2D eigenvalue weighted by Gasteiger charge is -2.18. The summed E-state index contributed by atoms with van der Waals surface area (Å²) in [6.07, 6.45) is 1.82. The molecule has 0 saturated heterocycles. The summed E-state index contributed by atoms with van der Waals surface area (Å²) in [6, 6.07) is 8.48. The molecule has 0 amide bonds. The van der Waals surface area contributed by atoms with E-state index in [1.54, 1.807) is 0 Å². The quantitative estimate of drug-likeness (QED) is 0.827. The van der Waals surface area contributed by atoms with E-state index in [-0.39, 0.29) is 0 Å². The zero-order valence-corrected chi connectivity index (χ0v) is 13.4. The molecule has 0 aliphatic rings. The van der Waals surface area contributed by atoms with Crippen molar-refractivity contribution in [3.05, 3.63) is 51.6 Å². The molecule has 0 aliphatic heterocycles. The van der Waals surface area contributed by atoms with Gasteiger partial charge in [-0.05, 0) is 58.5 Å². The molecule has 0 aliphatic carbocycles. The number of aromatic nitrogens is 1. The van der Waals surface area contributed by atoms with Crippen LogP contribution >= 0.6 is 15.9 Å². The predicted molar refractivity (Wildman–Crippen MR) is 85.2 cm³/mol. The monoisotopic (exact) mass is 318 g/mol. The van der Waals surface area contributed by atoms with E-state index in [1.165, 1.54) is 16.8 Å². The largest absolute Gasteiger partial charge is 0.340 e. The topological polar surface area (TPSA) is 24.9 Å². The highest BCUT2D eigenvalue weighted by Gasteiger charge is 2.10. The van der Waals surface area contributed by atoms with Gasteiger partial charge in [-0.25, -0.2) is 4.98 Å². The Kier molecular flexibility index (Phi) is 4.25. The standard InChI is InChI=1S/C16H19BrN2/c1-10(2)14-7-5-6-11(3)15(14)19-16-12(4)8-13(17)9-18-16/h5-10H,1-4H3,(H,18,19). The molecule has 3 heteroatoms. The molecule has 1 heterocycles. The number of hydrogen-bond acceptors (Lipinski definition) is 2. The first kappa shape index (κ1) is 14.1. The van der Waals surface area contributed by atoms with Crippen molar-refractivity contribution in [3.8, 4) is 0 Å². The zero-order valence-electron chi connectivity index (χ0n) is 11.8. The number of anilines is 2. The summed E-state index contributed by atoms with van der Waals surface area (Å²) < 4.78 is 1.00. The highest BCUT2D eigenvalue weighted by atomic mass is 79.9. The molecule has 0 saturated carbocycles. The van der Waals surface area contributed by atoms with Gasteiger partial charge in [0.1, 0.15) is 5.82 Å². The Morgan fingerprint density at radius 3 is 2.53 bits per heavy atom. The maximum Gasteiger partial charge on any atom is 0.133 e. The molecule has 1 N–H and O–H groups in total. The Bertz CT molecular complexity index is 591. The molecule has 19 heavy (non-hydrogen) atoms. The number of para-hydroxylation sites is 1. The van der Waals surface area contributed by atoms with E-state index in [0.29, 0.717) is 5.92 Å². The van der Waals surface area contributed by atoms with Gasteiger partial charge in [-0.2, -0.15) is 0 Å². The highest BCUT2D eigenvalue weighted by Crippen LogP contribution is 2.30. The van der Waals surface area contributed by atoms with E-state index in [2.05, 4.69) is 78.2 Å². The fourth-order valence-corrected chi connectivity index (χ4v) is 2.58. The van der Waals surface area contributed by atoms with Gasteiger partial charge in [0.15, 0.2) is 0 Å². The molecule has 2 nitrogen and oxygen atoms in total. The molecule has 0 fully saturated rings. The lowest BCUT2D eigenvalue weighted by molar-refractivity contribution is 0.867. The zero-order chi connectivity index (χ0) is 14.0. The fourth-order valence-electron chi connectivity index (χ4n) is 2.13. The molecule has 0 bridgehead atoms. The van der Waals surface area contributed by atoms with Crippen molar-refractivity contribution in [2.75, 3.05) is 5.32 Å². The van der Waals surface area contributed by atoms with Crippen molar-refractivity contribution in [2.24, 2.45) is 0 Å². The normalized spacial score (nSPS) is 10.8. The van der Waals surface area contributed by atoms with Crippen LogP contribution in [0.5, 0.6) is 0 Å². The highest BCUT2D eigenvalue weighted by molar-refractivity contribution is 9.10. The van der Waals surface area contributed by atoms with Crippen molar-refractivity contribution < 1.29 is 0 Å². The minimum Gasteiger partial charge on any atom is -0.340 e. The molecule has 0 unspecified atom stereocenters. The molecule has 1 aromatic carbocycles. The number of rotatable bonds is 3. The minimum absolute atomic E-state index is 0.484. The summed E-state index contributed by atoms with van der Waals surface area (Å²) in [5.74, 6) is 1.40. The van der Waals surface area contributed by atoms with Crippen LogP contribution < -0.4 is 5.32 Å². The Labute approximate surface area is 123 Å². The third-order valence-electron chi connectivity index (χ3n) is 3.22. The number of nitrogens with one attached hydrogen (secondary N) is 1. The molecule has 2 rings (SSSR count). The van der Waals surface area contributed by atoms with Crippen molar-refractivity contribution >= 4 is 27.4 Å². The van der Waals surface area contributed by atoms with Gasteiger partial charge < -0.3 is 5.32 Å². The van der Waals surface area contributed by atoms with Gasteiger partial charge in [-0.3, -0.25) is 0 Å². The van der Waals surface area contributed by atoms with Gasteiger partial charge >= 0.3 is 0 Å². The summed E-state index contributed by atoms with van der Waals surface area (Å²) in [6.45, 7) is 8.61. The number of hydrogen-bond donors (Lipinski definition) is 1. The van der Waals surface area contributed by atoms with Crippen LogP contribution in [0.3, 0.4) is 0 Å². The van der Waals surface area contributed by atoms with E-state index in [9.17, 15) is 0 Å². The smallest absolute Gasteiger partial charge is 0.133 e. The maximum absolute atomic E-state index is 4.46. The number of benzene rings is 1. The van der Waals surface area contributed by atoms with Gasteiger partial charge in [0.2, 0.25) is 0 Å². The molecule has 0 atom stereocenters. The second kappa shape index (κ2) is 5.74. The van der Waals surface area contributed by atoms with Gasteiger partial charge in [0.05, 0.1) is 0 Å². The lowest BCUT2D eigenvalue weighted by Crippen LogP contribution is -2.03. The number of halogens is 1. The molecule has 0 radical (unpaired) electrons. The number of pyridine rings is 1. The van der Waals surface area contributed by atoms with Gasteiger partial charge in [0.25, 0.3) is 0 Å². The molecule has 100 valence electrons.